The molecular weight excluding hydrogens is 312 g/mol. The summed E-state index contributed by atoms with van der Waals surface area (Å²) < 4.78 is 26.0. The monoisotopic (exact) mass is 332 g/mol. The molecule has 5 heteroatoms. The van der Waals surface area contributed by atoms with Gasteiger partial charge in [-0.05, 0) is 24.6 Å². The first-order valence-electron chi connectivity index (χ1n) is 7.54. The van der Waals surface area contributed by atoms with Crippen molar-refractivity contribution in [1.82, 2.24) is 0 Å². The van der Waals surface area contributed by atoms with Gasteiger partial charge in [0, 0.05) is 11.3 Å². The first-order chi connectivity index (χ1) is 11.0. The lowest BCUT2D eigenvalue weighted by atomic mass is 10.0. The fraction of sp³-hybridized carbons (Fsp3) is 0.333. The van der Waals surface area contributed by atoms with Crippen molar-refractivity contribution in [3.05, 3.63) is 65.7 Å². The highest BCUT2D eigenvalue weighted by atomic mass is 32.2. The maximum atomic E-state index is 13.0. The normalized spacial score (nSPS) is 22.7. The molecule has 1 fully saturated rings. The molecule has 2 aromatic carbocycles. The van der Waals surface area contributed by atoms with Crippen molar-refractivity contribution < 1.29 is 18.6 Å². The van der Waals surface area contributed by atoms with Crippen molar-refractivity contribution in [2.45, 2.75) is 23.0 Å². The zero-order chi connectivity index (χ0) is 16.7. The molecule has 2 N–H and O–H groups in total. The van der Waals surface area contributed by atoms with E-state index in [1.165, 1.54) is 0 Å². The van der Waals surface area contributed by atoms with Gasteiger partial charge in [0.25, 0.3) is 0 Å². The smallest absolute Gasteiger partial charge is 0.182 e. The van der Waals surface area contributed by atoms with Crippen molar-refractivity contribution in [2.24, 2.45) is 5.41 Å². The van der Waals surface area contributed by atoms with Gasteiger partial charge >= 0.3 is 0 Å². The molecule has 0 radical (unpaired) electrons. The van der Waals surface area contributed by atoms with Crippen molar-refractivity contribution in [2.75, 3.05) is 13.2 Å². The minimum Gasteiger partial charge on any atom is -0.396 e. The molecule has 1 aliphatic carbocycles. The summed E-state index contributed by atoms with van der Waals surface area (Å²) in [5, 5.41) is 18.8. The molecule has 4 nitrogen and oxygen atoms in total. The average molecular weight is 332 g/mol. The predicted molar refractivity (Wildman–Crippen MR) is 87.9 cm³/mol. The molecule has 2 aromatic rings. The molecule has 0 heterocycles. The van der Waals surface area contributed by atoms with Crippen LogP contribution < -0.4 is 0 Å². The van der Waals surface area contributed by atoms with Crippen LogP contribution in [0.25, 0.3) is 0 Å². The molecule has 0 unspecified atom stereocenters. The van der Waals surface area contributed by atoms with E-state index in [2.05, 4.69) is 0 Å². The summed E-state index contributed by atoms with van der Waals surface area (Å²) in [6.45, 7) is 1.17. The molecule has 0 amide bonds. The maximum absolute atomic E-state index is 13.0. The Kier molecular flexibility index (Phi) is 4.04. The van der Waals surface area contributed by atoms with E-state index < -0.39 is 26.4 Å². The molecule has 23 heavy (non-hydrogen) atoms. The van der Waals surface area contributed by atoms with E-state index >= 15 is 0 Å². The van der Waals surface area contributed by atoms with E-state index in [9.17, 15) is 18.6 Å². The molecule has 122 valence electrons. The number of sulfone groups is 1. The lowest BCUT2D eigenvalue weighted by Gasteiger charge is -2.11. The summed E-state index contributed by atoms with van der Waals surface area (Å²) in [6.07, 6.45) is 0. The second-order valence-corrected chi connectivity index (χ2v) is 8.29. The minimum atomic E-state index is -3.63. The lowest BCUT2D eigenvalue weighted by molar-refractivity contribution is 0.130. The molecule has 0 aromatic heterocycles. The standard InChI is InChI=1S/C18H20O4S/c1-13-7-9-15(10-8-13)23(21,22)17-16(18(17,11-19)12-20)14-5-3-2-4-6-14/h2-10,16-17,19-20H,11-12H2,1H3/t16-,17-/m1/s1. The molecule has 0 bridgehead atoms. The molecule has 1 saturated carbocycles. The zero-order valence-electron chi connectivity index (χ0n) is 12.9. The number of aliphatic hydroxyl groups excluding tert-OH is 2. The fourth-order valence-corrected chi connectivity index (χ4v) is 5.84. The van der Waals surface area contributed by atoms with E-state index in [0.29, 0.717) is 0 Å². The van der Waals surface area contributed by atoms with Crippen LogP contribution in [0.4, 0.5) is 0 Å². The number of hydrogen-bond donors (Lipinski definition) is 2. The van der Waals surface area contributed by atoms with Gasteiger partial charge in [0.1, 0.15) is 0 Å². The maximum Gasteiger partial charge on any atom is 0.182 e. The molecule has 2 atom stereocenters. The molecular formula is C18H20O4S. The van der Waals surface area contributed by atoms with Crippen LogP contribution in [0, 0.1) is 12.3 Å². The van der Waals surface area contributed by atoms with Crippen molar-refractivity contribution in [1.29, 1.82) is 0 Å². The van der Waals surface area contributed by atoms with Gasteiger partial charge in [-0.2, -0.15) is 0 Å². The number of benzene rings is 2. The third-order valence-electron chi connectivity index (χ3n) is 4.81. The van der Waals surface area contributed by atoms with Gasteiger partial charge < -0.3 is 10.2 Å². The van der Waals surface area contributed by atoms with Crippen LogP contribution in [-0.4, -0.2) is 37.1 Å². The quantitative estimate of drug-likeness (QED) is 0.877. The van der Waals surface area contributed by atoms with E-state index in [0.717, 1.165) is 11.1 Å². The van der Waals surface area contributed by atoms with Gasteiger partial charge in [0.2, 0.25) is 0 Å². The van der Waals surface area contributed by atoms with Gasteiger partial charge in [0.15, 0.2) is 9.84 Å². The molecule has 0 saturated heterocycles. The highest BCUT2D eigenvalue weighted by Gasteiger charge is 2.70. The van der Waals surface area contributed by atoms with Crippen LogP contribution in [0.1, 0.15) is 17.0 Å². The Morgan fingerprint density at radius 1 is 0.957 bits per heavy atom. The highest BCUT2D eigenvalue weighted by Crippen LogP contribution is 2.63. The summed E-state index contributed by atoms with van der Waals surface area (Å²) in [7, 11) is -3.63. The van der Waals surface area contributed by atoms with Crippen LogP contribution in [0.15, 0.2) is 59.5 Å². The third kappa shape index (κ3) is 2.49. The van der Waals surface area contributed by atoms with Crippen LogP contribution in [0.3, 0.4) is 0 Å². The Labute approximate surface area is 136 Å². The van der Waals surface area contributed by atoms with E-state index in [4.69, 9.17) is 0 Å². The summed E-state index contributed by atoms with van der Waals surface area (Å²) in [6, 6.07) is 15.9. The predicted octanol–water partition coefficient (Wildman–Crippen LogP) is 1.91. The third-order valence-corrected chi connectivity index (χ3v) is 7.15. The Balaban J connectivity index is 2.05. The van der Waals surface area contributed by atoms with Crippen LogP contribution in [0.5, 0.6) is 0 Å². The summed E-state index contributed by atoms with van der Waals surface area (Å²) in [4.78, 5) is 0.234. The van der Waals surface area contributed by atoms with E-state index in [-0.39, 0.29) is 18.1 Å². The zero-order valence-corrected chi connectivity index (χ0v) is 13.7. The molecule has 1 aliphatic rings. The summed E-state index contributed by atoms with van der Waals surface area (Å²) >= 11 is 0. The SMILES string of the molecule is Cc1ccc(S(=O)(=O)[C@@H]2[C@@H](c3ccccc3)C2(CO)CO)cc1. The van der Waals surface area contributed by atoms with Crippen LogP contribution >= 0.6 is 0 Å². The largest absolute Gasteiger partial charge is 0.396 e. The second kappa shape index (κ2) is 5.74. The summed E-state index contributed by atoms with van der Waals surface area (Å²) in [5.41, 5.74) is 0.789. The number of aryl methyl sites for hydroxylation is 1. The Hall–Kier alpha value is -1.69. The average Bonchev–Trinajstić information content (AvgIpc) is 3.27. The number of aliphatic hydroxyl groups is 2. The first kappa shape index (κ1) is 16.2. The van der Waals surface area contributed by atoms with Crippen LogP contribution in [-0.2, 0) is 9.84 Å². The second-order valence-electron chi connectivity index (χ2n) is 6.22. The van der Waals surface area contributed by atoms with Gasteiger partial charge in [-0.1, -0.05) is 48.0 Å². The molecule has 0 aliphatic heterocycles. The fourth-order valence-electron chi connectivity index (χ4n) is 3.41. The topological polar surface area (TPSA) is 74.6 Å². The molecule has 3 rings (SSSR count). The molecule has 0 spiro atoms. The Morgan fingerprint density at radius 2 is 1.52 bits per heavy atom. The van der Waals surface area contributed by atoms with Crippen molar-refractivity contribution in [3.63, 3.8) is 0 Å². The van der Waals surface area contributed by atoms with E-state index in [1.807, 2.05) is 37.3 Å². The van der Waals surface area contributed by atoms with E-state index in [1.54, 1.807) is 24.3 Å². The van der Waals surface area contributed by atoms with Crippen LogP contribution in [0.2, 0.25) is 0 Å². The minimum absolute atomic E-state index is 0.234. The van der Waals surface area contributed by atoms with Gasteiger partial charge in [-0.15, -0.1) is 0 Å². The van der Waals surface area contributed by atoms with Gasteiger partial charge in [-0.3, -0.25) is 0 Å². The lowest BCUT2D eigenvalue weighted by Crippen LogP contribution is -2.23. The van der Waals surface area contributed by atoms with Gasteiger partial charge in [0.05, 0.1) is 23.4 Å². The summed E-state index contributed by atoms with van der Waals surface area (Å²) in [5.74, 6) is -0.398. The number of hydrogen-bond acceptors (Lipinski definition) is 4. The Bertz CT molecular complexity index is 778. The van der Waals surface area contributed by atoms with Gasteiger partial charge in [-0.25, -0.2) is 8.42 Å². The first-order valence-corrected chi connectivity index (χ1v) is 9.09. The Morgan fingerprint density at radius 3 is 2.04 bits per heavy atom. The number of rotatable bonds is 5. The van der Waals surface area contributed by atoms with Crippen molar-refractivity contribution >= 4 is 9.84 Å². The highest BCUT2D eigenvalue weighted by molar-refractivity contribution is 7.92. The van der Waals surface area contributed by atoms with Crippen molar-refractivity contribution in [3.8, 4) is 0 Å².